The molecule has 2 atom stereocenters. The monoisotopic (exact) mass is 192 g/mol. The van der Waals surface area contributed by atoms with Crippen LogP contribution in [0.1, 0.15) is 42.9 Å². The zero-order valence-corrected chi connectivity index (χ0v) is 9.54. The van der Waals surface area contributed by atoms with Crippen molar-refractivity contribution in [3.8, 4) is 0 Å². The second-order valence-electron chi connectivity index (χ2n) is 4.19. The van der Waals surface area contributed by atoms with E-state index in [2.05, 4.69) is 39.0 Å². The lowest BCUT2D eigenvalue weighted by atomic mass is 9.91. The van der Waals surface area contributed by atoms with E-state index in [-0.39, 0.29) is 12.0 Å². The Kier molecular flexibility index (Phi) is 3.70. The minimum atomic E-state index is -0.226. The quantitative estimate of drug-likeness (QED) is 0.780. The zero-order valence-electron chi connectivity index (χ0n) is 9.54. The van der Waals surface area contributed by atoms with Crippen molar-refractivity contribution in [1.82, 2.24) is 0 Å². The maximum atomic E-state index is 9.76. The van der Waals surface area contributed by atoms with E-state index in [9.17, 15) is 5.11 Å². The van der Waals surface area contributed by atoms with E-state index in [0.29, 0.717) is 0 Å². The van der Waals surface area contributed by atoms with Gasteiger partial charge in [-0.3, -0.25) is 0 Å². The Morgan fingerprint density at radius 3 is 2.07 bits per heavy atom. The summed E-state index contributed by atoms with van der Waals surface area (Å²) in [7, 11) is 0. The molecule has 0 aliphatic rings. The van der Waals surface area contributed by atoms with Gasteiger partial charge in [-0.15, -0.1) is 0 Å². The number of benzene rings is 1. The van der Waals surface area contributed by atoms with Gasteiger partial charge in [0, 0.05) is 5.92 Å². The molecule has 0 spiro atoms. The lowest BCUT2D eigenvalue weighted by Crippen LogP contribution is -2.14. The fourth-order valence-corrected chi connectivity index (χ4v) is 1.85. The van der Waals surface area contributed by atoms with Crippen molar-refractivity contribution in [2.45, 2.75) is 46.1 Å². The molecule has 0 fully saturated rings. The maximum Gasteiger partial charge on any atom is 0.0603 e. The maximum absolute atomic E-state index is 9.76. The molecule has 1 nitrogen and oxygen atoms in total. The van der Waals surface area contributed by atoms with Gasteiger partial charge in [0.05, 0.1) is 6.10 Å². The van der Waals surface area contributed by atoms with Crippen LogP contribution in [0.3, 0.4) is 0 Å². The highest BCUT2D eigenvalue weighted by atomic mass is 16.3. The molecule has 78 valence electrons. The Morgan fingerprint density at radius 2 is 1.64 bits per heavy atom. The van der Waals surface area contributed by atoms with Crippen molar-refractivity contribution in [1.29, 1.82) is 0 Å². The van der Waals surface area contributed by atoms with Crippen LogP contribution in [0, 0.1) is 13.8 Å². The summed E-state index contributed by atoms with van der Waals surface area (Å²) in [5, 5.41) is 9.76. The Balaban J connectivity index is 2.94. The Labute approximate surface area is 86.8 Å². The van der Waals surface area contributed by atoms with Gasteiger partial charge in [0.2, 0.25) is 0 Å². The standard InChI is InChI=1S/C13H20O/c1-5-13(14)11(4)12-7-9(2)6-10(3)8-12/h6-8,11,13-14H,5H2,1-4H3. The first-order valence-electron chi connectivity index (χ1n) is 5.30. The fraction of sp³-hybridized carbons (Fsp3) is 0.538. The molecule has 0 radical (unpaired) electrons. The Morgan fingerprint density at radius 1 is 1.14 bits per heavy atom. The van der Waals surface area contributed by atoms with E-state index < -0.39 is 0 Å². The van der Waals surface area contributed by atoms with E-state index in [0.717, 1.165) is 6.42 Å². The van der Waals surface area contributed by atoms with Gasteiger partial charge in [-0.25, -0.2) is 0 Å². The number of aliphatic hydroxyl groups is 1. The fourth-order valence-electron chi connectivity index (χ4n) is 1.85. The van der Waals surface area contributed by atoms with Crippen LogP contribution in [-0.4, -0.2) is 11.2 Å². The normalized spacial score (nSPS) is 15.2. The molecule has 0 bridgehead atoms. The molecule has 1 aromatic carbocycles. The molecule has 0 saturated carbocycles. The van der Waals surface area contributed by atoms with Crippen molar-refractivity contribution in [2.75, 3.05) is 0 Å². The summed E-state index contributed by atoms with van der Waals surface area (Å²) in [6.45, 7) is 8.30. The van der Waals surface area contributed by atoms with Crippen LogP contribution in [0.2, 0.25) is 0 Å². The summed E-state index contributed by atoms with van der Waals surface area (Å²) >= 11 is 0. The third-order valence-electron chi connectivity index (χ3n) is 2.77. The van der Waals surface area contributed by atoms with E-state index in [1.807, 2.05) is 6.92 Å². The van der Waals surface area contributed by atoms with Gasteiger partial charge in [-0.05, 0) is 25.8 Å². The SMILES string of the molecule is CCC(O)C(C)c1cc(C)cc(C)c1. The summed E-state index contributed by atoms with van der Waals surface area (Å²) < 4.78 is 0. The average molecular weight is 192 g/mol. The van der Waals surface area contributed by atoms with Crippen molar-refractivity contribution in [3.05, 3.63) is 34.9 Å². The molecule has 2 unspecified atom stereocenters. The van der Waals surface area contributed by atoms with Crippen molar-refractivity contribution < 1.29 is 5.11 Å². The Hall–Kier alpha value is -0.820. The van der Waals surface area contributed by atoms with Crippen LogP contribution in [0.5, 0.6) is 0 Å². The van der Waals surface area contributed by atoms with Gasteiger partial charge in [-0.1, -0.05) is 43.2 Å². The van der Waals surface area contributed by atoms with Gasteiger partial charge in [0.25, 0.3) is 0 Å². The first-order valence-corrected chi connectivity index (χ1v) is 5.30. The molecular weight excluding hydrogens is 172 g/mol. The van der Waals surface area contributed by atoms with Gasteiger partial charge in [-0.2, -0.15) is 0 Å². The number of hydrogen-bond donors (Lipinski definition) is 1. The lowest BCUT2D eigenvalue weighted by Gasteiger charge is -2.18. The summed E-state index contributed by atoms with van der Waals surface area (Å²) in [5.74, 6) is 0.235. The van der Waals surface area contributed by atoms with Gasteiger partial charge >= 0.3 is 0 Å². The second kappa shape index (κ2) is 4.61. The third kappa shape index (κ3) is 2.58. The minimum Gasteiger partial charge on any atom is -0.393 e. The predicted octanol–water partition coefficient (Wildman–Crippen LogP) is 3.18. The first-order chi connectivity index (χ1) is 6.54. The predicted molar refractivity (Wildman–Crippen MR) is 60.6 cm³/mol. The van der Waals surface area contributed by atoms with Crippen LogP contribution >= 0.6 is 0 Å². The van der Waals surface area contributed by atoms with Crippen molar-refractivity contribution in [3.63, 3.8) is 0 Å². The number of aryl methyl sites for hydroxylation is 2. The van der Waals surface area contributed by atoms with Crippen LogP contribution in [0.15, 0.2) is 18.2 Å². The molecule has 1 aromatic rings. The topological polar surface area (TPSA) is 20.2 Å². The van der Waals surface area contributed by atoms with Crippen molar-refractivity contribution in [2.24, 2.45) is 0 Å². The summed E-state index contributed by atoms with van der Waals surface area (Å²) in [5.41, 5.74) is 3.79. The molecule has 0 amide bonds. The molecule has 0 aliphatic carbocycles. The zero-order chi connectivity index (χ0) is 10.7. The van der Waals surface area contributed by atoms with Gasteiger partial charge in [0.15, 0.2) is 0 Å². The van der Waals surface area contributed by atoms with E-state index in [4.69, 9.17) is 0 Å². The number of hydrogen-bond acceptors (Lipinski definition) is 1. The van der Waals surface area contributed by atoms with Crippen LogP contribution in [0.25, 0.3) is 0 Å². The molecule has 1 rings (SSSR count). The molecule has 0 aliphatic heterocycles. The van der Waals surface area contributed by atoms with Crippen molar-refractivity contribution >= 4 is 0 Å². The highest BCUT2D eigenvalue weighted by Gasteiger charge is 2.14. The summed E-state index contributed by atoms with van der Waals surface area (Å²) in [6, 6.07) is 6.49. The molecule has 0 heterocycles. The first kappa shape index (κ1) is 11.3. The highest BCUT2D eigenvalue weighted by molar-refractivity contribution is 5.31. The number of rotatable bonds is 3. The largest absolute Gasteiger partial charge is 0.393 e. The molecule has 1 N–H and O–H groups in total. The minimum absolute atomic E-state index is 0.226. The molecule has 0 aromatic heterocycles. The third-order valence-corrected chi connectivity index (χ3v) is 2.77. The van der Waals surface area contributed by atoms with Crippen LogP contribution in [-0.2, 0) is 0 Å². The molecule has 0 saturated heterocycles. The average Bonchev–Trinajstić information content (AvgIpc) is 2.14. The van der Waals surface area contributed by atoms with Crippen LogP contribution < -0.4 is 0 Å². The van der Waals surface area contributed by atoms with E-state index in [1.54, 1.807) is 0 Å². The number of aliphatic hydroxyl groups excluding tert-OH is 1. The second-order valence-corrected chi connectivity index (χ2v) is 4.19. The van der Waals surface area contributed by atoms with E-state index in [1.165, 1.54) is 16.7 Å². The van der Waals surface area contributed by atoms with Gasteiger partial charge in [0.1, 0.15) is 0 Å². The Bertz CT molecular complexity index is 284. The summed E-state index contributed by atoms with van der Waals surface area (Å²) in [6.07, 6.45) is 0.588. The highest BCUT2D eigenvalue weighted by Crippen LogP contribution is 2.23. The van der Waals surface area contributed by atoms with Gasteiger partial charge < -0.3 is 5.11 Å². The van der Waals surface area contributed by atoms with E-state index >= 15 is 0 Å². The lowest BCUT2D eigenvalue weighted by molar-refractivity contribution is 0.145. The molecular formula is C13H20O. The van der Waals surface area contributed by atoms with Crippen LogP contribution in [0.4, 0.5) is 0 Å². The molecule has 1 heteroatoms. The molecule has 14 heavy (non-hydrogen) atoms. The summed E-state index contributed by atoms with van der Waals surface area (Å²) in [4.78, 5) is 0. The smallest absolute Gasteiger partial charge is 0.0603 e.